The molecule has 0 spiro atoms. The number of rotatable bonds is 7. The van der Waals surface area contributed by atoms with Crippen molar-refractivity contribution in [2.45, 2.75) is 53.5 Å². The van der Waals surface area contributed by atoms with Crippen LogP contribution >= 0.6 is 0 Å². The third-order valence-corrected chi connectivity index (χ3v) is 3.55. The van der Waals surface area contributed by atoms with Gasteiger partial charge in [-0.15, -0.1) is 0 Å². The molecule has 0 heterocycles. The van der Waals surface area contributed by atoms with Crippen LogP contribution in [0.2, 0.25) is 0 Å². The van der Waals surface area contributed by atoms with Gasteiger partial charge in [-0.05, 0) is 38.3 Å². The zero-order chi connectivity index (χ0) is 11.2. The molecule has 0 aliphatic rings. The predicted octanol–water partition coefficient (Wildman–Crippen LogP) is 2.48. The number of hydrogen-bond donors (Lipinski definition) is 1. The fourth-order valence-electron chi connectivity index (χ4n) is 1.65. The van der Waals surface area contributed by atoms with Gasteiger partial charge in [0.05, 0.1) is 0 Å². The van der Waals surface area contributed by atoms with Crippen LogP contribution in [0.4, 0.5) is 0 Å². The Morgan fingerprint density at radius 1 is 1.29 bits per heavy atom. The molecule has 2 heteroatoms. The maximum absolute atomic E-state index is 5.84. The highest BCUT2D eigenvalue weighted by molar-refractivity contribution is 4.79. The highest BCUT2D eigenvalue weighted by Crippen LogP contribution is 2.22. The van der Waals surface area contributed by atoms with E-state index in [9.17, 15) is 0 Å². The van der Waals surface area contributed by atoms with Crippen LogP contribution in [0, 0.1) is 5.41 Å². The van der Waals surface area contributed by atoms with E-state index >= 15 is 0 Å². The lowest BCUT2D eigenvalue weighted by Crippen LogP contribution is -2.44. The molecule has 0 aromatic carbocycles. The lowest BCUT2D eigenvalue weighted by molar-refractivity contribution is 0.130. The van der Waals surface area contributed by atoms with Crippen molar-refractivity contribution in [2.75, 3.05) is 19.6 Å². The van der Waals surface area contributed by atoms with Crippen molar-refractivity contribution in [3.63, 3.8) is 0 Å². The molecular weight excluding hydrogens is 172 g/mol. The monoisotopic (exact) mass is 200 g/mol. The van der Waals surface area contributed by atoms with Gasteiger partial charge in [0, 0.05) is 12.6 Å². The summed E-state index contributed by atoms with van der Waals surface area (Å²) in [6.07, 6.45) is 2.38. The maximum atomic E-state index is 5.84. The van der Waals surface area contributed by atoms with Gasteiger partial charge in [-0.3, -0.25) is 0 Å². The minimum atomic E-state index is 0.291. The van der Waals surface area contributed by atoms with Gasteiger partial charge < -0.3 is 10.6 Å². The summed E-state index contributed by atoms with van der Waals surface area (Å²) in [5, 5.41) is 0. The Hall–Kier alpha value is -0.0800. The Bertz CT molecular complexity index is 141. The Morgan fingerprint density at radius 3 is 2.14 bits per heavy atom. The Balaban J connectivity index is 4.28. The molecular formula is C12H28N2. The van der Waals surface area contributed by atoms with E-state index in [-0.39, 0.29) is 0 Å². The fourth-order valence-corrected chi connectivity index (χ4v) is 1.65. The molecule has 0 bridgehead atoms. The van der Waals surface area contributed by atoms with Crippen LogP contribution in [-0.2, 0) is 0 Å². The highest BCUT2D eigenvalue weighted by atomic mass is 15.2. The molecule has 0 aromatic heterocycles. The van der Waals surface area contributed by atoms with Gasteiger partial charge in [-0.25, -0.2) is 0 Å². The molecule has 2 unspecified atom stereocenters. The second kappa shape index (κ2) is 6.41. The second-order valence-electron chi connectivity index (χ2n) is 4.69. The summed E-state index contributed by atoms with van der Waals surface area (Å²) in [4.78, 5) is 2.54. The molecule has 2 nitrogen and oxygen atoms in total. The van der Waals surface area contributed by atoms with Gasteiger partial charge in [0.25, 0.3) is 0 Å². The van der Waals surface area contributed by atoms with Crippen molar-refractivity contribution in [3.8, 4) is 0 Å². The van der Waals surface area contributed by atoms with Crippen LogP contribution in [0.15, 0.2) is 0 Å². The molecule has 86 valence electrons. The zero-order valence-electron chi connectivity index (χ0n) is 10.6. The smallest absolute Gasteiger partial charge is 0.00644 e. The van der Waals surface area contributed by atoms with E-state index in [1.165, 1.54) is 6.42 Å². The van der Waals surface area contributed by atoms with E-state index in [0.717, 1.165) is 26.1 Å². The van der Waals surface area contributed by atoms with E-state index in [2.05, 4.69) is 39.5 Å². The summed E-state index contributed by atoms with van der Waals surface area (Å²) in [7, 11) is 0. The Kier molecular flexibility index (Phi) is 6.38. The van der Waals surface area contributed by atoms with E-state index in [4.69, 9.17) is 5.73 Å². The van der Waals surface area contributed by atoms with Gasteiger partial charge in [0.2, 0.25) is 0 Å². The SMILES string of the molecule is CCC(C)N(CC)CC(C)(CC)CN. The van der Waals surface area contributed by atoms with E-state index in [0.29, 0.717) is 11.5 Å². The first kappa shape index (κ1) is 13.9. The van der Waals surface area contributed by atoms with Crippen molar-refractivity contribution in [1.29, 1.82) is 0 Å². The third kappa shape index (κ3) is 3.97. The van der Waals surface area contributed by atoms with Gasteiger partial charge in [-0.2, -0.15) is 0 Å². The van der Waals surface area contributed by atoms with Crippen molar-refractivity contribution < 1.29 is 0 Å². The van der Waals surface area contributed by atoms with Crippen LogP contribution < -0.4 is 5.73 Å². The fraction of sp³-hybridized carbons (Fsp3) is 1.00. The Labute approximate surface area is 89.9 Å². The van der Waals surface area contributed by atoms with Crippen molar-refractivity contribution in [2.24, 2.45) is 11.1 Å². The van der Waals surface area contributed by atoms with Crippen molar-refractivity contribution in [3.05, 3.63) is 0 Å². The van der Waals surface area contributed by atoms with Crippen LogP contribution in [0.25, 0.3) is 0 Å². The maximum Gasteiger partial charge on any atom is 0.00644 e. The first-order valence-corrected chi connectivity index (χ1v) is 5.97. The molecule has 14 heavy (non-hydrogen) atoms. The minimum absolute atomic E-state index is 0.291. The summed E-state index contributed by atoms with van der Waals surface area (Å²) in [5.74, 6) is 0. The summed E-state index contributed by atoms with van der Waals surface area (Å²) in [5.41, 5.74) is 6.13. The average Bonchev–Trinajstić information content (AvgIpc) is 2.24. The van der Waals surface area contributed by atoms with E-state index in [1.807, 2.05) is 0 Å². The van der Waals surface area contributed by atoms with E-state index in [1.54, 1.807) is 0 Å². The molecule has 0 saturated heterocycles. The van der Waals surface area contributed by atoms with E-state index < -0.39 is 0 Å². The number of nitrogens with zero attached hydrogens (tertiary/aromatic N) is 1. The normalized spacial score (nSPS) is 18.2. The summed E-state index contributed by atoms with van der Waals surface area (Å²) in [6.45, 7) is 14.4. The largest absolute Gasteiger partial charge is 0.330 e. The summed E-state index contributed by atoms with van der Waals surface area (Å²) in [6, 6.07) is 0.678. The quantitative estimate of drug-likeness (QED) is 0.684. The first-order chi connectivity index (χ1) is 6.52. The molecule has 0 fully saturated rings. The second-order valence-corrected chi connectivity index (χ2v) is 4.69. The van der Waals surface area contributed by atoms with Gasteiger partial charge in [0.15, 0.2) is 0 Å². The van der Waals surface area contributed by atoms with Crippen LogP contribution in [0.1, 0.15) is 47.5 Å². The average molecular weight is 200 g/mol. The highest BCUT2D eigenvalue weighted by Gasteiger charge is 2.24. The lowest BCUT2D eigenvalue weighted by atomic mass is 9.86. The van der Waals surface area contributed by atoms with Crippen LogP contribution in [-0.4, -0.2) is 30.6 Å². The van der Waals surface area contributed by atoms with Crippen molar-refractivity contribution in [1.82, 2.24) is 4.90 Å². The molecule has 0 aliphatic carbocycles. The molecule has 0 rings (SSSR count). The molecule has 0 amide bonds. The topological polar surface area (TPSA) is 29.3 Å². The third-order valence-electron chi connectivity index (χ3n) is 3.55. The standard InChI is InChI=1S/C12H28N2/c1-6-11(4)14(8-3)10-12(5,7-2)9-13/h11H,6-10,13H2,1-5H3. The molecule has 0 radical (unpaired) electrons. The molecule has 0 aliphatic heterocycles. The van der Waals surface area contributed by atoms with Gasteiger partial charge in [-0.1, -0.05) is 27.7 Å². The molecule has 0 saturated carbocycles. The number of hydrogen-bond acceptors (Lipinski definition) is 2. The van der Waals surface area contributed by atoms with Crippen LogP contribution in [0.3, 0.4) is 0 Å². The lowest BCUT2D eigenvalue weighted by Gasteiger charge is -2.36. The van der Waals surface area contributed by atoms with Crippen molar-refractivity contribution >= 4 is 0 Å². The minimum Gasteiger partial charge on any atom is -0.330 e. The van der Waals surface area contributed by atoms with Gasteiger partial charge in [0.1, 0.15) is 0 Å². The Morgan fingerprint density at radius 2 is 1.86 bits per heavy atom. The van der Waals surface area contributed by atoms with Crippen LogP contribution in [0.5, 0.6) is 0 Å². The molecule has 2 atom stereocenters. The summed E-state index contributed by atoms with van der Waals surface area (Å²) >= 11 is 0. The first-order valence-electron chi connectivity index (χ1n) is 5.97. The zero-order valence-corrected chi connectivity index (χ0v) is 10.6. The number of nitrogens with two attached hydrogens (primary N) is 1. The van der Waals surface area contributed by atoms with Gasteiger partial charge >= 0.3 is 0 Å². The predicted molar refractivity (Wildman–Crippen MR) is 64.5 cm³/mol. The molecule has 0 aromatic rings. The summed E-state index contributed by atoms with van der Waals surface area (Å²) < 4.78 is 0. The molecule has 2 N–H and O–H groups in total.